The lowest BCUT2D eigenvalue weighted by Gasteiger charge is -2.19. The zero-order valence-electron chi connectivity index (χ0n) is 12.8. The van der Waals surface area contributed by atoms with Crippen LogP contribution in [-0.2, 0) is 12.8 Å². The number of halogens is 1. The third-order valence-electron chi connectivity index (χ3n) is 2.91. The molecule has 0 bridgehead atoms. The van der Waals surface area contributed by atoms with Crippen molar-refractivity contribution in [2.75, 3.05) is 11.0 Å². The van der Waals surface area contributed by atoms with Gasteiger partial charge in [0.25, 0.3) is 0 Å². The molecule has 0 radical (unpaired) electrons. The molecule has 0 aromatic heterocycles. The van der Waals surface area contributed by atoms with E-state index in [-0.39, 0.29) is 0 Å². The normalized spacial score (nSPS) is 11.6. The van der Waals surface area contributed by atoms with Gasteiger partial charge in [-0.3, -0.25) is 0 Å². The third kappa shape index (κ3) is 6.64. The second-order valence-corrected chi connectivity index (χ2v) is 7.40. The van der Waals surface area contributed by atoms with E-state index < -0.39 is 0 Å². The van der Waals surface area contributed by atoms with Gasteiger partial charge in [0.05, 0.1) is 6.61 Å². The molecule has 0 aliphatic heterocycles. The van der Waals surface area contributed by atoms with E-state index in [4.69, 9.17) is 4.74 Å². The van der Waals surface area contributed by atoms with E-state index in [1.54, 1.807) is 0 Å². The van der Waals surface area contributed by atoms with Crippen molar-refractivity contribution in [3.05, 3.63) is 29.3 Å². The Bertz CT molecular complexity index is 379. The highest BCUT2D eigenvalue weighted by molar-refractivity contribution is 14.1. The second-order valence-electron chi connectivity index (χ2n) is 6.32. The maximum absolute atomic E-state index is 5.91. The number of rotatable bonds is 7. The van der Waals surface area contributed by atoms with Gasteiger partial charge in [-0.05, 0) is 41.9 Å². The summed E-state index contributed by atoms with van der Waals surface area (Å²) in [7, 11) is 0. The lowest BCUT2D eigenvalue weighted by atomic mass is 9.87. The molecule has 0 aliphatic carbocycles. The van der Waals surface area contributed by atoms with Crippen LogP contribution < -0.4 is 4.74 Å². The summed E-state index contributed by atoms with van der Waals surface area (Å²) >= 11 is 2.40. The van der Waals surface area contributed by atoms with E-state index in [0.717, 1.165) is 36.0 Å². The third-order valence-corrected chi connectivity index (χ3v) is 3.68. The highest BCUT2D eigenvalue weighted by atomic mass is 127. The maximum atomic E-state index is 5.91. The van der Waals surface area contributed by atoms with Crippen LogP contribution in [0.15, 0.2) is 18.2 Å². The van der Waals surface area contributed by atoms with Crippen LogP contribution in [0.4, 0.5) is 0 Å². The summed E-state index contributed by atoms with van der Waals surface area (Å²) in [6.07, 6.45) is 4.52. The van der Waals surface area contributed by atoms with E-state index in [2.05, 4.69) is 68.5 Å². The molecule has 0 heterocycles. The fourth-order valence-electron chi connectivity index (χ4n) is 2.20. The van der Waals surface area contributed by atoms with Crippen molar-refractivity contribution < 1.29 is 4.74 Å². The monoisotopic (exact) mass is 374 g/mol. The fourth-order valence-corrected chi connectivity index (χ4v) is 2.51. The Morgan fingerprint density at radius 1 is 1.21 bits per heavy atom. The fraction of sp³-hybridized carbons (Fsp3) is 0.647. The van der Waals surface area contributed by atoms with Crippen LogP contribution in [0.3, 0.4) is 0 Å². The van der Waals surface area contributed by atoms with Crippen LogP contribution >= 0.6 is 22.6 Å². The minimum atomic E-state index is 0.340. The number of aryl methyl sites for hydroxylation is 1. The molecule has 1 rings (SSSR count). The van der Waals surface area contributed by atoms with Crippen LogP contribution in [0.5, 0.6) is 5.75 Å². The molecule has 0 amide bonds. The average molecular weight is 374 g/mol. The summed E-state index contributed by atoms with van der Waals surface area (Å²) in [5.41, 5.74) is 3.14. The molecule has 0 unspecified atom stereocenters. The first-order valence-electron chi connectivity index (χ1n) is 7.27. The molecular weight excluding hydrogens is 347 g/mol. The summed E-state index contributed by atoms with van der Waals surface area (Å²) in [5.74, 6) is 1.09. The Hall–Kier alpha value is -0.250. The van der Waals surface area contributed by atoms with Gasteiger partial charge in [-0.25, -0.2) is 0 Å². The van der Waals surface area contributed by atoms with Gasteiger partial charge in [0.1, 0.15) is 5.75 Å². The van der Waals surface area contributed by atoms with E-state index in [1.165, 1.54) is 17.5 Å². The first-order chi connectivity index (χ1) is 8.96. The molecule has 1 nitrogen and oxygen atoms in total. The summed E-state index contributed by atoms with van der Waals surface area (Å²) in [6, 6.07) is 6.73. The molecule has 1 aromatic carbocycles. The highest BCUT2D eigenvalue weighted by Crippen LogP contribution is 2.26. The predicted octanol–water partition coefficient (Wildman–Crippen LogP) is 5.43. The number of ether oxygens (including phenoxy) is 1. The minimum Gasteiger partial charge on any atom is -0.493 e. The van der Waals surface area contributed by atoms with Crippen LogP contribution in [0.1, 0.15) is 51.7 Å². The molecule has 0 atom stereocenters. The molecule has 19 heavy (non-hydrogen) atoms. The summed E-state index contributed by atoms with van der Waals surface area (Å²) < 4.78 is 7.07. The SMILES string of the molecule is CCCc1cc(CC(C)(C)C)ccc1OCCCI. The zero-order chi connectivity index (χ0) is 14.3. The van der Waals surface area contributed by atoms with Crippen molar-refractivity contribution in [2.45, 2.75) is 53.4 Å². The molecular formula is C17H27IO. The number of alkyl halides is 1. The van der Waals surface area contributed by atoms with E-state index in [1.807, 2.05) is 0 Å². The molecule has 0 saturated heterocycles. The Kier molecular flexibility index (Phi) is 7.19. The smallest absolute Gasteiger partial charge is 0.122 e. The molecule has 0 N–H and O–H groups in total. The number of hydrogen-bond donors (Lipinski definition) is 0. The van der Waals surface area contributed by atoms with Gasteiger partial charge in [-0.2, -0.15) is 0 Å². The van der Waals surface area contributed by atoms with Crippen LogP contribution in [0.2, 0.25) is 0 Å². The molecule has 108 valence electrons. The van der Waals surface area contributed by atoms with Crippen molar-refractivity contribution in [1.29, 1.82) is 0 Å². The van der Waals surface area contributed by atoms with Crippen molar-refractivity contribution in [1.82, 2.24) is 0 Å². The topological polar surface area (TPSA) is 9.23 Å². The van der Waals surface area contributed by atoms with Gasteiger partial charge in [0.2, 0.25) is 0 Å². The summed E-state index contributed by atoms with van der Waals surface area (Å²) in [5, 5.41) is 0. The largest absolute Gasteiger partial charge is 0.493 e. The van der Waals surface area contributed by atoms with Gasteiger partial charge >= 0.3 is 0 Å². The van der Waals surface area contributed by atoms with Crippen LogP contribution in [0, 0.1) is 5.41 Å². The number of benzene rings is 1. The summed E-state index contributed by atoms with van der Waals surface area (Å²) in [6.45, 7) is 9.93. The van der Waals surface area contributed by atoms with Crippen molar-refractivity contribution in [3.63, 3.8) is 0 Å². The van der Waals surface area contributed by atoms with Gasteiger partial charge in [0, 0.05) is 4.43 Å². The quantitative estimate of drug-likeness (QED) is 0.351. The molecule has 0 aliphatic rings. The zero-order valence-corrected chi connectivity index (χ0v) is 14.9. The lowest BCUT2D eigenvalue weighted by molar-refractivity contribution is 0.315. The Balaban J connectivity index is 2.81. The Morgan fingerprint density at radius 3 is 2.53 bits per heavy atom. The van der Waals surface area contributed by atoms with E-state index >= 15 is 0 Å². The molecule has 2 heteroatoms. The first-order valence-corrected chi connectivity index (χ1v) is 8.79. The number of hydrogen-bond acceptors (Lipinski definition) is 1. The Morgan fingerprint density at radius 2 is 1.95 bits per heavy atom. The predicted molar refractivity (Wildman–Crippen MR) is 92.6 cm³/mol. The van der Waals surface area contributed by atoms with Crippen molar-refractivity contribution >= 4 is 22.6 Å². The first kappa shape index (κ1) is 16.8. The van der Waals surface area contributed by atoms with Gasteiger partial charge in [-0.1, -0.05) is 68.8 Å². The van der Waals surface area contributed by atoms with Gasteiger partial charge < -0.3 is 4.74 Å². The van der Waals surface area contributed by atoms with E-state index in [9.17, 15) is 0 Å². The highest BCUT2D eigenvalue weighted by Gasteiger charge is 2.13. The molecule has 0 fully saturated rings. The Labute approximate surface area is 132 Å². The van der Waals surface area contributed by atoms with Gasteiger partial charge in [0.15, 0.2) is 0 Å². The van der Waals surface area contributed by atoms with Crippen molar-refractivity contribution in [3.8, 4) is 5.75 Å². The molecule has 1 aromatic rings. The average Bonchev–Trinajstić information content (AvgIpc) is 2.30. The van der Waals surface area contributed by atoms with Crippen LogP contribution in [0.25, 0.3) is 0 Å². The summed E-state index contributed by atoms with van der Waals surface area (Å²) in [4.78, 5) is 0. The van der Waals surface area contributed by atoms with Crippen LogP contribution in [-0.4, -0.2) is 11.0 Å². The maximum Gasteiger partial charge on any atom is 0.122 e. The standard InChI is InChI=1S/C17H27IO/c1-5-7-15-12-14(13-17(2,3)4)8-9-16(15)19-11-6-10-18/h8-9,12H,5-7,10-11,13H2,1-4H3. The van der Waals surface area contributed by atoms with E-state index in [0.29, 0.717) is 5.41 Å². The molecule has 0 spiro atoms. The van der Waals surface area contributed by atoms with Gasteiger partial charge in [-0.15, -0.1) is 0 Å². The van der Waals surface area contributed by atoms with Crippen molar-refractivity contribution in [2.24, 2.45) is 5.41 Å². The lowest BCUT2D eigenvalue weighted by Crippen LogP contribution is -2.10. The minimum absolute atomic E-state index is 0.340. The second kappa shape index (κ2) is 8.13. The molecule has 0 saturated carbocycles.